The zero-order chi connectivity index (χ0) is 23.8. The van der Waals surface area contributed by atoms with Gasteiger partial charge in [-0.25, -0.2) is 14.4 Å². The first-order chi connectivity index (χ1) is 15.6. The monoisotopic (exact) mass is 459 g/mol. The van der Waals surface area contributed by atoms with Crippen molar-refractivity contribution in [3.05, 3.63) is 23.5 Å². The number of unbranched alkanes of at least 4 members (excludes halogenated alkanes) is 1. The van der Waals surface area contributed by atoms with Crippen molar-refractivity contribution < 1.29 is 17.9 Å². The number of nitrogens with zero attached hydrogens (tertiary/aromatic N) is 4. The van der Waals surface area contributed by atoms with Crippen LogP contribution in [0.15, 0.2) is 12.1 Å². The average Bonchev–Trinajstić information content (AvgIpc) is 3.16. The summed E-state index contributed by atoms with van der Waals surface area (Å²) in [6, 6.07) is 3.53. The van der Waals surface area contributed by atoms with Gasteiger partial charge in [-0.15, -0.1) is 5.10 Å². The number of nitrogen functional groups attached to an aromatic ring is 1. The second kappa shape index (κ2) is 8.73. The highest BCUT2D eigenvalue weighted by Crippen LogP contribution is 2.40. The Morgan fingerprint density at radius 2 is 2.12 bits per heavy atom. The number of benzene rings is 1. The van der Waals surface area contributed by atoms with Gasteiger partial charge in [0.05, 0.1) is 6.42 Å². The van der Waals surface area contributed by atoms with Crippen LogP contribution in [0.25, 0.3) is 16.6 Å². The van der Waals surface area contributed by atoms with Gasteiger partial charge in [-0.1, -0.05) is 44.6 Å². The Morgan fingerprint density at radius 1 is 1.33 bits per heavy atom. The topological polar surface area (TPSA) is 78.3 Å². The third-order valence-electron chi connectivity index (χ3n) is 5.83. The second-order valence-corrected chi connectivity index (χ2v) is 9.04. The maximum Gasteiger partial charge on any atom is 0.398 e. The molecule has 176 valence electrons. The lowest BCUT2D eigenvalue weighted by Gasteiger charge is -2.25. The molecular formula is C24H28F3N5O. The molecule has 2 N–H and O–H groups in total. The molecule has 0 saturated carbocycles. The lowest BCUT2D eigenvalue weighted by atomic mass is 9.97. The molecule has 33 heavy (non-hydrogen) atoms. The third kappa shape index (κ3) is 5.00. The van der Waals surface area contributed by atoms with Crippen molar-refractivity contribution in [2.75, 3.05) is 5.73 Å². The van der Waals surface area contributed by atoms with Crippen molar-refractivity contribution in [2.24, 2.45) is 5.92 Å². The molecule has 2 atom stereocenters. The first-order valence-electron chi connectivity index (χ1n) is 11.3. The number of anilines is 1. The van der Waals surface area contributed by atoms with Crippen LogP contribution >= 0.6 is 0 Å². The summed E-state index contributed by atoms with van der Waals surface area (Å²) in [6.07, 6.45) is -0.521. The van der Waals surface area contributed by atoms with Crippen LogP contribution in [0.5, 0.6) is 5.75 Å². The number of halogens is 3. The number of hydrogen-bond donors (Lipinski definition) is 1. The van der Waals surface area contributed by atoms with Crippen LogP contribution in [0.2, 0.25) is 0 Å². The van der Waals surface area contributed by atoms with Crippen LogP contribution < -0.4 is 10.5 Å². The molecule has 3 aromatic rings. The van der Waals surface area contributed by atoms with E-state index in [1.807, 2.05) is 13.8 Å². The van der Waals surface area contributed by atoms with Gasteiger partial charge in [0.2, 0.25) is 5.95 Å². The predicted octanol–water partition coefficient (Wildman–Crippen LogP) is 5.27. The number of fused-ring (bicyclic) bond motifs is 5. The maximum absolute atomic E-state index is 14.4. The summed E-state index contributed by atoms with van der Waals surface area (Å²) in [5.74, 6) is 6.51. The van der Waals surface area contributed by atoms with Crippen molar-refractivity contribution in [2.45, 2.75) is 77.5 Å². The first-order valence-corrected chi connectivity index (χ1v) is 11.3. The normalized spacial score (nSPS) is 17.6. The van der Waals surface area contributed by atoms with Gasteiger partial charge in [-0.3, -0.25) is 0 Å². The van der Waals surface area contributed by atoms with Gasteiger partial charge in [0, 0.05) is 24.1 Å². The maximum atomic E-state index is 14.4. The molecule has 1 aliphatic heterocycles. The second-order valence-electron chi connectivity index (χ2n) is 9.04. The van der Waals surface area contributed by atoms with Crippen molar-refractivity contribution in [1.29, 1.82) is 0 Å². The summed E-state index contributed by atoms with van der Waals surface area (Å²) >= 11 is 0. The first kappa shape index (κ1) is 23.1. The lowest BCUT2D eigenvalue weighted by Crippen LogP contribution is -2.29. The molecule has 1 aromatic carbocycles. The summed E-state index contributed by atoms with van der Waals surface area (Å²) in [5, 5.41) is 4.96. The van der Waals surface area contributed by atoms with E-state index in [2.05, 4.69) is 26.9 Å². The Hall–Kier alpha value is -3.02. The zero-order valence-electron chi connectivity index (χ0n) is 19.1. The van der Waals surface area contributed by atoms with Crippen molar-refractivity contribution in [3.63, 3.8) is 0 Å². The van der Waals surface area contributed by atoms with Crippen molar-refractivity contribution >= 4 is 22.5 Å². The largest absolute Gasteiger partial charge is 0.430 e. The molecule has 0 aliphatic carbocycles. The van der Waals surface area contributed by atoms with Gasteiger partial charge < -0.3 is 10.5 Å². The molecule has 0 bridgehead atoms. The lowest BCUT2D eigenvalue weighted by molar-refractivity contribution is -0.186. The Kier molecular flexibility index (Phi) is 6.12. The molecule has 9 heteroatoms. The molecular weight excluding hydrogens is 431 g/mol. The Labute approximate surface area is 190 Å². The minimum absolute atomic E-state index is 0.0324. The summed E-state index contributed by atoms with van der Waals surface area (Å²) < 4.78 is 48.5. The number of nitrogens with two attached hydrogens (primary N) is 1. The molecule has 1 aliphatic rings. The van der Waals surface area contributed by atoms with E-state index in [-0.39, 0.29) is 42.4 Å². The summed E-state index contributed by atoms with van der Waals surface area (Å²) in [7, 11) is 0. The predicted molar refractivity (Wildman–Crippen MR) is 121 cm³/mol. The summed E-state index contributed by atoms with van der Waals surface area (Å²) in [6.45, 7) is 5.55. The molecule has 3 heterocycles. The number of hydrogen-bond acceptors (Lipinski definition) is 5. The highest BCUT2D eigenvalue weighted by molar-refractivity contribution is 5.96. The van der Waals surface area contributed by atoms with Gasteiger partial charge >= 0.3 is 6.11 Å². The average molecular weight is 460 g/mol. The smallest absolute Gasteiger partial charge is 0.398 e. The number of aromatic nitrogens is 4. The summed E-state index contributed by atoms with van der Waals surface area (Å²) in [4.78, 5) is 8.86. The van der Waals surface area contributed by atoms with E-state index in [0.717, 1.165) is 12.8 Å². The van der Waals surface area contributed by atoms with Crippen molar-refractivity contribution in [1.82, 2.24) is 19.6 Å². The van der Waals surface area contributed by atoms with E-state index < -0.39 is 11.8 Å². The van der Waals surface area contributed by atoms with Gasteiger partial charge in [-0.2, -0.15) is 13.3 Å². The van der Waals surface area contributed by atoms with E-state index in [4.69, 9.17) is 10.5 Å². The fraction of sp³-hybridized carbons (Fsp3) is 0.542. The summed E-state index contributed by atoms with van der Waals surface area (Å²) in [5.41, 5.74) is 6.11. The van der Waals surface area contributed by atoms with E-state index >= 15 is 0 Å². The number of aryl methyl sites for hydroxylation is 1. The van der Waals surface area contributed by atoms with Gasteiger partial charge in [0.15, 0.2) is 17.2 Å². The van der Waals surface area contributed by atoms with Crippen LogP contribution in [0, 0.1) is 17.8 Å². The molecule has 0 spiro atoms. The highest BCUT2D eigenvalue weighted by atomic mass is 19.3. The zero-order valence-corrected chi connectivity index (χ0v) is 19.1. The molecule has 6 nitrogen and oxygen atoms in total. The number of rotatable bonds is 6. The Balaban J connectivity index is 1.59. The molecule has 0 fully saturated rings. The molecule has 2 aromatic heterocycles. The SMILES string of the molecule is CCCCC(C)(F)CC#C[C@@H](C)Cc1nc2c3ccc4c(c3nc(N)n2n1)OC(F)(F)CC4. The van der Waals surface area contributed by atoms with E-state index in [1.54, 1.807) is 19.1 Å². The fourth-order valence-corrected chi connectivity index (χ4v) is 4.00. The van der Waals surface area contributed by atoms with E-state index in [0.29, 0.717) is 35.3 Å². The van der Waals surface area contributed by atoms with Crippen LogP contribution in [0.1, 0.15) is 64.3 Å². The minimum atomic E-state index is -3.25. The van der Waals surface area contributed by atoms with Gasteiger partial charge in [-0.05, 0) is 31.4 Å². The van der Waals surface area contributed by atoms with Crippen LogP contribution in [-0.4, -0.2) is 31.4 Å². The Morgan fingerprint density at radius 3 is 2.88 bits per heavy atom. The molecule has 0 saturated heterocycles. The van der Waals surface area contributed by atoms with E-state index in [1.165, 1.54) is 4.52 Å². The quantitative estimate of drug-likeness (QED) is 0.508. The van der Waals surface area contributed by atoms with Crippen LogP contribution in [0.4, 0.5) is 19.1 Å². The molecule has 4 rings (SSSR count). The molecule has 0 radical (unpaired) electrons. The van der Waals surface area contributed by atoms with Crippen LogP contribution in [-0.2, 0) is 12.8 Å². The minimum Gasteiger partial charge on any atom is -0.430 e. The number of alkyl halides is 3. The Bertz CT molecular complexity index is 1240. The molecule has 1 unspecified atom stereocenters. The van der Waals surface area contributed by atoms with Gasteiger partial charge in [0.25, 0.3) is 0 Å². The third-order valence-corrected chi connectivity index (χ3v) is 5.83. The molecule has 0 amide bonds. The van der Waals surface area contributed by atoms with Crippen molar-refractivity contribution in [3.8, 4) is 17.6 Å². The van der Waals surface area contributed by atoms with E-state index in [9.17, 15) is 13.2 Å². The fourth-order valence-electron chi connectivity index (χ4n) is 4.00. The highest BCUT2D eigenvalue weighted by Gasteiger charge is 2.37. The standard InChI is InChI=1S/C24H28F3N5O/c1-4-5-11-23(3,25)12-6-7-15(2)14-18-29-21-17-9-8-16-10-13-24(26,27)33-20(16)19(17)30-22(28)32(21)31-18/h8-9,15H,4-5,10-14H2,1-3H3,(H2,28,30)/t15-,23?/m1/s1. The van der Waals surface area contributed by atoms with Gasteiger partial charge in [0.1, 0.15) is 11.2 Å². The number of ether oxygens (including phenoxy) is 1. The van der Waals surface area contributed by atoms with Crippen LogP contribution in [0.3, 0.4) is 0 Å².